The molecule has 0 saturated heterocycles. The number of nitrogens with two attached hydrogens (primary N) is 1. The molecule has 20 heavy (non-hydrogen) atoms. The highest BCUT2D eigenvalue weighted by molar-refractivity contribution is 5.94. The van der Waals surface area contributed by atoms with Crippen molar-refractivity contribution in [1.82, 2.24) is 9.55 Å². The zero-order valence-corrected chi connectivity index (χ0v) is 11.3. The van der Waals surface area contributed by atoms with Crippen molar-refractivity contribution in [2.75, 3.05) is 0 Å². The first kappa shape index (κ1) is 12.4. The maximum atomic E-state index is 7.41. The normalized spacial score (nSPS) is 10.8. The highest BCUT2D eigenvalue weighted by atomic mass is 15.1. The quantitative estimate of drug-likeness (QED) is 0.564. The number of nitrogens with one attached hydrogen (secondary N) is 1. The third kappa shape index (κ3) is 2.16. The summed E-state index contributed by atoms with van der Waals surface area (Å²) in [5, 5.41) is 7.41. The molecule has 0 atom stereocenters. The molecular formula is C16H16N4. The lowest BCUT2D eigenvalue weighted by Crippen LogP contribution is -2.11. The third-order valence-corrected chi connectivity index (χ3v) is 3.45. The van der Waals surface area contributed by atoms with E-state index in [1.807, 2.05) is 49.4 Å². The summed E-state index contributed by atoms with van der Waals surface area (Å²) in [5.74, 6) is 1.10. The molecule has 0 aliphatic heterocycles. The number of amidine groups is 1. The average molecular weight is 264 g/mol. The number of aryl methyl sites for hydroxylation is 1. The number of nitrogens with zero attached hydrogens (tertiary/aromatic N) is 2. The Labute approximate surface area is 117 Å². The molecule has 0 unspecified atom stereocenters. The molecule has 1 aromatic heterocycles. The number of benzene rings is 2. The minimum atomic E-state index is 0.0980. The SMILES string of the molecule is Cc1nc2ccccc2n1Cc1ccc(C(=N)N)cc1. The van der Waals surface area contributed by atoms with Crippen LogP contribution in [-0.2, 0) is 6.54 Å². The Morgan fingerprint density at radius 3 is 2.55 bits per heavy atom. The molecule has 3 N–H and O–H groups in total. The van der Waals surface area contributed by atoms with Gasteiger partial charge in [0.25, 0.3) is 0 Å². The van der Waals surface area contributed by atoms with Gasteiger partial charge in [0.2, 0.25) is 0 Å². The molecule has 0 aliphatic carbocycles. The molecule has 0 radical (unpaired) electrons. The lowest BCUT2D eigenvalue weighted by molar-refractivity contribution is 0.786. The van der Waals surface area contributed by atoms with Crippen LogP contribution in [0.2, 0.25) is 0 Å². The first-order chi connectivity index (χ1) is 9.65. The van der Waals surface area contributed by atoms with Crippen LogP contribution in [-0.4, -0.2) is 15.4 Å². The second-order valence-corrected chi connectivity index (χ2v) is 4.84. The lowest BCUT2D eigenvalue weighted by Gasteiger charge is -2.08. The number of aromatic nitrogens is 2. The summed E-state index contributed by atoms with van der Waals surface area (Å²) in [5.41, 5.74) is 9.54. The Bertz CT molecular complexity index is 769. The molecule has 0 bridgehead atoms. The summed E-state index contributed by atoms with van der Waals surface area (Å²) in [6, 6.07) is 15.9. The van der Waals surface area contributed by atoms with Gasteiger partial charge >= 0.3 is 0 Å². The Morgan fingerprint density at radius 1 is 1.15 bits per heavy atom. The molecule has 0 amide bonds. The molecule has 0 spiro atoms. The highest BCUT2D eigenvalue weighted by Gasteiger charge is 2.07. The van der Waals surface area contributed by atoms with Gasteiger partial charge in [-0.2, -0.15) is 0 Å². The molecule has 3 aromatic rings. The maximum absolute atomic E-state index is 7.41. The molecule has 4 nitrogen and oxygen atoms in total. The van der Waals surface area contributed by atoms with E-state index in [0.717, 1.165) is 29.0 Å². The molecule has 1 heterocycles. The maximum Gasteiger partial charge on any atom is 0.122 e. The van der Waals surface area contributed by atoms with E-state index in [-0.39, 0.29) is 5.84 Å². The summed E-state index contributed by atoms with van der Waals surface area (Å²) < 4.78 is 2.19. The van der Waals surface area contributed by atoms with Crippen LogP contribution in [0.3, 0.4) is 0 Å². The highest BCUT2D eigenvalue weighted by Crippen LogP contribution is 2.17. The lowest BCUT2D eigenvalue weighted by atomic mass is 10.1. The van der Waals surface area contributed by atoms with Crippen molar-refractivity contribution in [3.8, 4) is 0 Å². The molecular weight excluding hydrogens is 248 g/mol. The van der Waals surface area contributed by atoms with Crippen LogP contribution in [0.25, 0.3) is 11.0 Å². The van der Waals surface area contributed by atoms with Gasteiger partial charge in [-0.25, -0.2) is 4.98 Å². The topological polar surface area (TPSA) is 67.7 Å². The van der Waals surface area contributed by atoms with Gasteiger partial charge in [0, 0.05) is 12.1 Å². The van der Waals surface area contributed by atoms with Crippen molar-refractivity contribution in [3.63, 3.8) is 0 Å². The van der Waals surface area contributed by atoms with Gasteiger partial charge in [-0.3, -0.25) is 5.41 Å². The molecule has 3 rings (SSSR count). The van der Waals surface area contributed by atoms with Gasteiger partial charge in [-0.1, -0.05) is 36.4 Å². The van der Waals surface area contributed by atoms with Gasteiger partial charge in [0.1, 0.15) is 11.7 Å². The number of hydrogen-bond donors (Lipinski definition) is 2. The van der Waals surface area contributed by atoms with Gasteiger partial charge in [0.05, 0.1) is 11.0 Å². The zero-order valence-electron chi connectivity index (χ0n) is 11.3. The van der Waals surface area contributed by atoms with E-state index >= 15 is 0 Å². The standard InChI is InChI=1S/C16H16N4/c1-11-19-14-4-2-3-5-15(14)20(11)10-12-6-8-13(9-7-12)16(17)18/h2-9H,10H2,1H3,(H3,17,18). The molecule has 0 fully saturated rings. The number of para-hydroxylation sites is 2. The number of hydrogen-bond acceptors (Lipinski definition) is 2. The number of imidazole rings is 1. The van der Waals surface area contributed by atoms with E-state index in [1.54, 1.807) is 0 Å². The fraction of sp³-hybridized carbons (Fsp3) is 0.125. The zero-order chi connectivity index (χ0) is 14.1. The predicted octanol–water partition coefficient (Wildman–Crippen LogP) is 2.68. The average Bonchev–Trinajstić information content (AvgIpc) is 2.76. The van der Waals surface area contributed by atoms with Gasteiger partial charge in [-0.15, -0.1) is 0 Å². The molecule has 100 valence electrons. The van der Waals surface area contributed by atoms with Crippen LogP contribution < -0.4 is 5.73 Å². The number of fused-ring (bicyclic) bond motifs is 1. The number of nitrogen functional groups attached to an aromatic ring is 1. The Morgan fingerprint density at radius 2 is 1.85 bits per heavy atom. The van der Waals surface area contributed by atoms with Crippen LogP contribution in [0.1, 0.15) is 17.0 Å². The Hall–Kier alpha value is -2.62. The minimum Gasteiger partial charge on any atom is -0.384 e. The second kappa shape index (κ2) is 4.81. The fourth-order valence-electron chi connectivity index (χ4n) is 2.37. The van der Waals surface area contributed by atoms with Crippen LogP contribution in [0.15, 0.2) is 48.5 Å². The van der Waals surface area contributed by atoms with E-state index in [1.165, 1.54) is 5.56 Å². The largest absolute Gasteiger partial charge is 0.384 e. The Balaban J connectivity index is 1.96. The molecule has 0 saturated carbocycles. The van der Waals surface area contributed by atoms with Crippen LogP contribution in [0.4, 0.5) is 0 Å². The van der Waals surface area contributed by atoms with E-state index in [4.69, 9.17) is 11.1 Å². The van der Waals surface area contributed by atoms with E-state index in [0.29, 0.717) is 0 Å². The third-order valence-electron chi connectivity index (χ3n) is 3.45. The summed E-state index contributed by atoms with van der Waals surface area (Å²) in [6.45, 7) is 2.79. The Kier molecular flexibility index (Phi) is 2.99. The van der Waals surface area contributed by atoms with E-state index in [2.05, 4.69) is 15.6 Å². The first-order valence-corrected chi connectivity index (χ1v) is 6.50. The van der Waals surface area contributed by atoms with E-state index < -0.39 is 0 Å². The van der Waals surface area contributed by atoms with Gasteiger partial charge in [-0.05, 0) is 24.6 Å². The van der Waals surface area contributed by atoms with Crippen molar-refractivity contribution in [2.24, 2.45) is 5.73 Å². The van der Waals surface area contributed by atoms with Crippen LogP contribution in [0.5, 0.6) is 0 Å². The summed E-state index contributed by atoms with van der Waals surface area (Å²) >= 11 is 0. The number of rotatable bonds is 3. The molecule has 2 aromatic carbocycles. The monoisotopic (exact) mass is 264 g/mol. The smallest absolute Gasteiger partial charge is 0.122 e. The van der Waals surface area contributed by atoms with Crippen molar-refractivity contribution < 1.29 is 0 Å². The molecule has 0 aliphatic rings. The molecule has 4 heteroatoms. The van der Waals surface area contributed by atoms with Crippen molar-refractivity contribution in [1.29, 1.82) is 5.41 Å². The van der Waals surface area contributed by atoms with Crippen LogP contribution >= 0.6 is 0 Å². The van der Waals surface area contributed by atoms with E-state index in [9.17, 15) is 0 Å². The van der Waals surface area contributed by atoms with Crippen molar-refractivity contribution >= 4 is 16.9 Å². The van der Waals surface area contributed by atoms with Gasteiger partial charge < -0.3 is 10.3 Å². The van der Waals surface area contributed by atoms with Gasteiger partial charge in [0.15, 0.2) is 0 Å². The minimum absolute atomic E-state index is 0.0980. The summed E-state index contributed by atoms with van der Waals surface area (Å²) in [4.78, 5) is 4.56. The van der Waals surface area contributed by atoms with Crippen molar-refractivity contribution in [3.05, 3.63) is 65.5 Å². The first-order valence-electron chi connectivity index (χ1n) is 6.50. The van der Waals surface area contributed by atoms with Crippen LogP contribution in [0, 0.1) is 12.3 Å². The van der Waals surface area contributed by atoms with Crippen molar-refractivity contribution in [2.45, 2.75) is 13.5 Å². The summed E-state index contributed by atoms with van der Waals surface area (Å²) in [6.07, 6.45) is 0. The predicted molar refractivity (Wildman–Crippen MR) is 81.0 cm³/mol. The fourth-order valence-corrected chi connectivity index (χ4v) is 2.37. The summed E-state index contributed by atoms with van der Waals surface area (Å²) in [7, 11) is 0. The second-order valence-electron chi connectivity index (χ2n) is 4.84.